The summed E-state index contributed by atoms with van der Waals surface area (Å²) in [6.45, 7) is 0.855. The molecule has 0 aromatic carbocycles. The molecule has 6 nitrogen and oxygen atoms in total. The SMILES string of the molecule is FC(F)c1cc([C@H]2CCCN(c3cccc(C(F)(F)F)n3)C2)n2ncnc2n1. The molecule has 0 saturated carbocycles. The predicted octanol–water partition coefficient (Wildman–Crippen LogP) is 3.86. The van der Waals surface area contributed by atoms with Crippen LogP contribution in [0.1, 0.15) is 42.3 Å². The third-order valence-corrected chi connectivity index (χ3v) is 4.71. The van der Waals surface area contributed by atoms with Crippen LogP contribution in [0.4, 0.5) is 27.8 Å². The standard InChI is InChI=1S/C17H15F5N6/c18-15(19)11-7-12(28-16(25-11)23-9-24-28)10-3-2-6-27(8-10)14-5-1-4-13(26-14)17(20,21)22/h1,4-5,7,9-10,15H,2-3,6,8H2/t10-/m0/s1. The summed E-state index contributed by atoms with van der Waals surface area (Å²) in [4.78, 5) is 13.1. The van der Waals surface area contributed by atoms with Gasteiger partial charge in [-0.05, 0) is 31.0 Å². The van der Waals surface area contributed by atoms with E-state index in [0.29, 0.717) is 31.6 Å². The van der Waals surface area contributed by atoms with E-state index in [-0.39, 0.29) is 17.5 Å². The van der Waals surface area contributed by atoms with Crippen LogP contribution in [-0.2, 0) is 6.18 Å². The second kappa shape index (κ2) is 6.95. The number of rotatable bonds is 3. The third kappa shape index (κ3) is 3.48. The molecule has 0 radical (unpaired) electrons. The Kier molecular flexibility index (Phi) is 4.60. The van der Waals surface area contributed by atoms with Gasteiger partial charge in [0.25, 0.3) is 12.2 Å². The van der Waals surface area contributed by atoms with Crippen molar-refractivity contribution in [3.05, 3.63) is 47.7 Å². The second-order valence-electron chi connectivity index (χ2n) is 6.54. The summed E-state index contributed by atoms with van der Waals surface area (Å²) in [5.74, 6) is 0.0504. The number of hydrogen-bond acceptors (Lipinski definition) is 5. The van der Waals surface area contributed by atoms with Gasteiger partial charge in [0, 0.05) is 19.0 Å². The molecule has 11 heteroatoms. The first-order valence-electron chi connectivity index (χ1n) is 8.61. The van der Waals surface area contributed by atoms with Crippen molar-refractivity contribution in [1.29, 1.82) is 0 Å². The van der Waals surface area contributed by atoms with E-state index in [0.717, 1.165) is 6.07 Å². The normalized spacial score (nSPS) is 18.2. The zero-order valence-electron chi connectivity index (χ0n) is 14.4. The topological polar surface area (TPSA) is 59.2 Å². The number of hydrogen-bond donors (Lipinski definition) is 0. The number of fused-ring (bicyclic) bond motifs is 1. The molecule has 1 atom stereocenters. The van der Waals surface area contributed by atoms with Gasteiger partial charge in [0.1, 0.15) is 23.5 Å². The van der Waals surface area contributed by atoms with Crippen LogP contribution in [0.15, 0.2) is 30.6 Å². The molecule has 1 saturated heterocycles. The number of pyridine rings is 1. The summed E-state index contributed by atoms with van der Waals surface area (Å²) in [7, 11) is 0. The fourth-order valence-corrected chi connectivity index (χ4v) is 3.44. The van der Waals surface area contributed by atoms with Crippen LogP contribution in [0.2, 0.25) is 0 Å². The third-order valence-electron chi connectivity index (χ3n) is 4.71. The van der Waals surface area contributed by atoms with E-state index < -0.39 is 24.0 Å². The average molecular weight is 398 g/mol. The highest BCUT2D eigenvalue weighted by Crippen LogP contribution is 2.33. The Labute approximate surface area is 156 Å². The molecule has 4 rings (SSSR count). The summed E-state index contributed by atoms with van der Waals surface area (Å²) in [6, 6.07) is 5.03. The molecule has 148 valence electrons. The number of halogens is 5. The second-order valence-corrected chi connectivity index (χ2v) is 6.54. The van der Waals surface area contributed by atoms with Crippen LogP contribution in [-0.4, -0.2) is 37.7 Å². The fourth-order valence-electron chi connectivity index (χ4n) is 3.44. The van der Waals surface area contributed by atoms with E-state index >= 15 is 0 Å². The highest BCUT2D eigenvalue weighted by molar-refractivity contribution is 5.42. The molecule has 0 unspecified atom stereocenters. The van der Waals surface area contributed by atoms with Crippen molar-refractivity contribution in [2.24, 2.45) is 0 Å². The van der Waals surface area contributed by atoms with Crippen LogP contribution < -0.4 is 4.90 Å². The lowest BCUT2D eigenvalue weighted by Gasteiger charge is -2.34. The van der Waals surface area contributed by atoms with Crippen molar-refractivity contribution < 1.29 is 22.0 Å². The average Bonchev–Trinajstić information content (AvgIpc) is 3.15. The number of nitrogens with zero attached hydrogens (tertiary/aromatic N) is 6. The molecule has 0 bridgehead atoms. The molecule has 28 heavy (non-hydrogen) atoms. The van der Waals surface area contributed by atoms with Gasteiger partial charge in [-0.2, -0.15) is 23.3 Å². The summed E-state index contributed by atoms with van der Waals surface area (Å²) in [5, 5.41) is 4.05. The van der Waals surface area contributed by atoms with Crippen LogP contribution in [0.5, 0.6) is 0 Å². The van der Waals surface area contributed by atoms with Gasteiger partial charge in [-0.25, -0.2) is 23.3 Å². The van der Waals surface area contributed by atoms with E-state index in [2.05, 4.69) is 20.1 Å². The Balaban J connectivity index is 1.67. The van der Waals surface area contributed by atoms with Crippen molar-refractivity contribution in [2.75, 3.05) is 18.0 Å². The smallest absolute Gasteiger partial charge is 0.356 e. The molecule has 0 spiro atoms. The monoisotopic (exact) mass is 398 g/mol. The van der Waals surface area contributed by atoms with Crippen molar-refractivity contribution in [1.82, 2.24) is 24.6 Å². The molecular formula is C17H15F5N6. The van der Waals surface area contributed by atoms with Crippen molar-refractivity contribution in [2.45, 2.75) is 31.4 Å². The van der Waals surface area contributed by atoms with Crippen LogP contribution >= 0.6 is 0 Å². The highest BCUT2D eigenvalue weighted by Gasteiger charge is 2.33. The zero-order chi connectivity index (χ0) is 19.9. The van der Waals surface area contributed by atoms with E-state index in [1.165, 1.54) is 29.0 Å². The Morgan fingerprint density at radius 1 is 1.14 bits per heavy atom. The predicted molar refractivity (Wildman–Crippen MR) is 89.2 cm³/mol. The minimum Gasteiger partial charge on any atom is -0.356 e. The quantitative estimate of drug-likeness (QED) is 0.627. The number of alkyl halides is 5. The Morgan fingerprint density at radius 2 is 1.96 bits per heavy atom. The van der Waals surface area contributed by atoms with E-state index in [9.17, 15) is 22.0 Å². The molecule has 3 aromatic heterocycles. The zero-order valence-corrected chi connectivity index (χ0v) is 14.4. The van der Waals surface area contributed by atoms with E-state index in [1.807, 2.05) is 0 Å². The molecule has 0 aliphatic carbocycles. The lowest BCUT2D eigenvalue weighted by molar-refractivity contribution is -0.141. The van der Waals surface area contributed by atoms with E-state index in [4.69, 9.17) is 0 Å². The summed E-state index contributed by atoms with van der Waals surface area (Å²) in [6.07, 6.45) is -4.71. The van der Waals surface area contributed by atoms with Gasteiger partial charge in [0.15, 0.2) is 0 Å². The maximum absolute atomic E-state index is 13.2. The van der Waals surface area contributed by atoms with Crippen molar-refractivity contribution in [3.8, 4) is 0 Å². The van der Waals surface area contributed by atoms with Gasteiger partial charge in [0.05, 0.1) is 5.69 Å². The van der Waals surface area contributed by atoms with Crippen molar-refractivity contribution >= 4 is 11.6 Å². The van der Waals surface area contributed by atoms with Crippen molar-refractivity contribution in [3.63, 3.8) is 0 Å². The first-order valence-corrected chi connectivity index (χ1v) is 8.61. The lowest BCUT2D eigenvalue weighted by Crippen LogP contribution is -2.36. The minimum atomic E-state index is -4.53. The molecule has 3 aromatic rings. The van der Waals surface area contributed by atoms with Crippen LogP contribution in [0.3, 0.4) is 0 Å². The first kappa shape index (κ1) is 18.5. The summed E-state index contributed by atoms with van der Waals surface area (Å²) >= 11 is 0. The Hall–Kier alpha value is -2.85. The van der Waals surface area contributed by atoms with Gasteiger partial charge in [0.2, 0.25) is 0 Å². The maximum Gasteiger partial charge on any atom is 0.433 e. The van der Waals surface area contributed by atoms with Gasteiger partial charge in [-0.15, -0.1) is 0 Å². The van der Waals surface area contributed by atoms with Gasteiger partial charge in [-0.3, -0.25) is 0 Å². The van der Waals surface area contributed by atoms with E-state index in [1.54, 1.807) is 4.90 Å². The molecule has 0 N–H and O–H groups in total. The van der Waals surface area contributed by atoms with Gasteiger partial charge in [-0.1, -0.05) is 6.07 Å². The fraction of sp³-hybridized carbons (Fsp3) is 0.412. The van der Waals surface area contributed by atoms with Crippen LogP contribution in [0.25, 0.3) is 5.78 Å². The summed E-state index contributed by atoms with van der Waals surface area (Å²) < 4.78 is 66.7. The molecule has 1 aliphatic rings. The molecule has 1 aliphatic heterocycles. The maximum atomic E-state index is 13.2. The highest BCUT2D eigenvalue weighted by atomic mass is 19.4. The number of anilines is 1. The molecule has 4 heterocycles. The molecule has 0 amide bonds. The lowest BCUT2D eigenvalue weighted by atomic mass is 9.94. The largest absolute Gasteiger partial charge is 0.433 e. The Bertz CT molecular complexity index is 986. The van der Waals surface area contributed by atoms with Gasteiger partial charge >= 0.3 is 6.18 Å². The molecular weight excluding hydrogens is 383 g/mol. The number of aromatic nitrogens is 5. The van der Waals surface area contributed by atoms with Gasteiger partial charge < -0.3 is 4.90 Å². The Morgan fingerprint density at radius 3 is 2.71 bits per heavy atom. The minimum absolute atomic E-state index is 0.0714. The first-order chi connectivity index (χ1) is 13.3. The molecule has 1 fully saturated rings. The van der Waals surface area contributed by atoms with Crippen LogP contribution in [0, 0.1) is 0 Å². The summed E-state index contributed by atoms with van der Waals surface area (Å²) in [5.41, 5.74) is -0.853. The number of piperidine rings is 1.